The predicted octanol–water partition coefficient (Wildman–Crippen LogP) is 2.32. The number of hydrogen-bond acceptors (Lipinski definition) is 5. The van der Waals surface area contributed by atoms with Crippen molar-refractivity contribution in [3.8, 4) is 11.3 Å². The lowest BCUT2D eigenvalue weighted by atomic mass is 10.2. The van der Waals surface area contributed by atoms with E-state index in [1.807, 2.05) is 24.3 Å². The molecule has 0 bridgehead atoms. The van der Waals surface area contributed by atoms with Gasteiger partial charge in [0.1, 0.15) is 5.52 Å². The van der Waals surface area contributed by atoms with E-state index < -0.39 is 0 Å². The Morgan fingerprint density at radius 3 is 2.50 bits per heavy atom. The molecule has 2 aromatic heterocycles. The topological polar surface area (TPSA) is 77.6 Å². The number of aromatic nitrogens is 4. The second kappa shape index (κ2) is 4.19. The molecule has 3 aromatic rings. The summed E-state index contributed by atoms with van der Waals surface area (Å²) in [7, 11) is 0. The molecule has 3 rings (SSSR count). The summed E-state index contributed by atoms with van der Waals surface area (Å²) in [6.07, 6.45) is 3.21. The normalized spacial score (nSPS) is 10.7. The molecule has 88 valence electrons. The molecule has 2 N–H and O–H groups in total. The number of anilines is 1. The maximum atomic E-state index is 5.84. The van der Waals surface area contributed by atoms with E-state index in [-0.39, 0.29) is 5.95 Å². The highest BCUT2D eigenvalue weighted by molar-refractivity contribution is 6.30. The Kier molecular flexibility index (Phi) is 2.53. The van der Waals surface area contributed by atoms with Gasteiger partial charge in [-0.2, -0.15) is 4.98 Å². The van der Waals surface area contributed by atoms with E-state index in [0.717, 1.165) is 11.3 Å². The van der Waals surface area contributed by atoms with Gasteiger partial charge in [0, 0.05) is 10.6 Å². The third kappa shape index (κ3) is 1.96. The fourth-order valence-electron chi connectivity index (χ4n) is 1.59. The van der Waals surface area contributed by atoms with E-state index in [4.69, 9.17) is 17.3 Å². The monoisotopic (exact) mass is 257 g/mol. The van der Waals surface area contributed by atoms with E-state index in [2.05, 4.69) is 19.9 Å². The van der Waals surface area contributed by atoms with Gasteiger partial charge < -0.3 is 5.73 Å². The van der Waals surface area contributed by atoms with Crippen molar-refractivity contribution in [2.24, 2.45) is 0 Å². The van der Waals surface area contributed by atoms with Gasteiger partial charge in [-0.15, -0.1) is 0 Å². The molecule has 0 aliphatic heterocycles. The third-order valence-electron chi connectivity index (χ3n) is 2.46. The van der Waals surface area contributed by atoms with Crippen molar-refractivity contribution >= 4 is 28.7 Å². The van der Waals surface area contributed by atoms with Crippen LogP contribution < -0.4 is 5.73 Å². The Hall–Kier alpha value is -2.27. The van der Waals surface area contributed by atoms with E-state index in [1.165, 1.54) is 0 Å². The summed E-state index contributed by atoms with van der Waals surface area (Å²) >= 11 is 5.84. The SMILES string of the molecule is Nc1ncc2nc(-c3ccc(Cl)cc3)cnc2n1. The van der Waals surface area contributed by atoms with Crippen molar-refractivity contribution in [1.29, 1.82) is 0 Å². The van der Waals surface area contributed by atoms with Gasteiger partial charge in [0.05, 0.1) is 18.1 Å². The van der Waals surface area contributed by atoms with Crippen LogP contribution in [0.2, 0.25) is 5.02 Å². The van der Waals surface area contributed by atoms with E-state index in [9.17, 15) is 0 Å². The third-order valence-corrected chi connectivity index (χ3v) is 2.71. The fraction of sp³-hybridized carbons (Fsp3) is 0. The summed E-state index contributed by atoms with van der Waals surface area (Å²) in [5.74, 6) is 0.191. The van der Waals surface area contributed by atoms with Crippen LogP contribution >= 0.6 is 11.6 Å². The van der Waals surface area contributed by atoms with Crippen LogP contribution in [0.3, 0.4) is 0 Å². The van der Waals surface area contributed by atoms with Gasteiger partial charge in [-0.1, -0.05) is 23.7 Å². The smallest absolute Gasteiger partial charge is 0.222 e. The summed E-state index contributed by atoms with van der Waals surface area (Å²) < 4.78 is 0. The number of fused-ring (bicyclic) bond motifs is 1. The molecular formula is C12H8ClN5. The van der Waals surface area contributed by atoms with Crippen LogP contribution in [-0.4, -0.2) is 19.9 Å². The lowest BCUT2D eigenvalue weighted by molar-refractivity contribution is 1.16. The van der Waals surface area contributed by atoms with Crippen molar-refractivity contribution < 1.29 is 0 Å². The first kappa shape index (κ1) is 10.9. The van der Waals surface area contributed by atoms with Crippen molar-refractivity contribution in [3.05, 3.63) is 41.7 Å². The standard InChI is InChI=1S/C12H8ClN5/c13-8-3-1-7(2-4-8)9-5-15-11-10(17-9)6-16-12(14)18-11/h1-6H,(H2,14,15,16,18). The first-order chi connectivity index (χ1) is 8.72. The highest BCUT2D eigenvalue weighted by Crippen LogP contribution is 2.20. The van der Waals surface area contributed by atoms with Gasteiger partial charge in [0.15, 0.2) is 5.65 Å². The predicted molar refractivity (Wildman–Crippen MR) is 70.0 cm³/mol. The van der Waals surface area contributed by atoms with E-state index in [0.29, 0.717) is 16.2 Å². The van der Waals surface area contributed by atoms with Crippen molar-refractivity contribution in [2.75, 3.05) is 5.73 Å². The van der Waals surface area contributed by atoms with Crippen LogP contribution in [0.1, 0.15) is 0 Å². The molecule has 18 heavy (non-hydrogen) atoms. The molecule has 0 amide bonds. The summed E-state index contributed by atoms with van der Waals surface area (Å²) in [5.41, 5.74) is 8.26. The second-order valence-electron chi connectivity index (χ2n) is 3.70. The summed E-state index contributed by atoms with van der Waals surface area (Å²) in [5, 5.41) is 0.684. The lowest BCUT2D eigenvalue weighted by Gasteiger charge is -2.02. The molecule has 0 atom stereocenters. The highest BCUT2D eigenvalue weighted by Gasteiger charge is 2.04. The van der Waals surface area contributed by atoms with Gasteiger partial charge in [0.2, 0.25) is 5.95 Å². The minimum atomic E-state index is 0.191. The van der Waals surface area contributed by atoms with Crippen LogP contribution in [0.4, 0.5) is 5.95 Å². The number of nitrogens with two attached hydrogens (primary N) is 1. The Labute approximate surface area is 108 Å². The summed E-state index contributed by atoms with van der Waals surface area (Å²) in [6, 6.07) is 7.39. The molecule has 6 heteroatoms. The minimum absolute atomic E-state index is 0.191. The fourth-order valence-corrected chi connectivity index (χ4v) is 1.72. The van der Waals surface area contributed by atoms with E-state index in [1.54, 1.807) is 12.4 Å². The lowest BCUT2D eigenvalue weighted by Crippen LogP contribution is -1.97. The molecule has 0 aliphatic rings. The molecule has 0 unspecified atom stereocenters. The average Bonchev–Trinajstić information content (AvgIpc) is 2.39. The Morgan fingerprint density at radius 1 is 0.944 bits per heavy atom. The first-order valence-corrected chi connectivity index (χ1v) is 5.61. The second-order valence-corrected chi connectivity index (χ2v) is 4.14. The Balaban J connectivity index is 2.13. The molecule has 1 aromatic carbocycles. The number of rotatable bonds is 1. The molecule has 0 saturated heterocycles. The number of halogens is 1. The molecule has 0 saturated carbocycles. The number of nitrogens with zero attached hydrogens (tertiary/aromatic N) is 4. The van der Waals surface area contributed by atoms with Crippen molar-refractivity contribution in [3.63, 3.8) is 0 Å². The van der Waals surface area contributed by atoms with Crippen molar-refractivity contribution in [2.45, 2.75) is 0 Å². The molecular weight excluding hydrogens is 250 g/mol. The maximum absolute atomic E-state index is 5.84. The average molecular weight is 258 g/mol. The highest BCUT2D eigenvalue weighted by atomic mass is 35.5. The van der Waals surface area contributed by atoms with Gasteiger partial charge in [-0.3, -0.25) is 0 Å². The zero-order valence-corrected chi connectivity index (χ0v) is 9.96. The first-order valence-electron chi connectivity index (χ1n) is 5.23. The summed E-state index contributed by atoms with van der Waals surface area (Å²) in [4.78, 5) is 16.5. The van der Waals surface area contributed by atoms with Crippen LogP contribution in [0, 0.1) is 0 Å². The largest absolute Gasteiger partial charge is 0.368 e. The van der Waals surface area contributed by atoms with Crippen LogP contribution in [0.5, 0.6) is 0 Å². The van der Waals surface area contributed by atoms with Crippen molar-refractivity contribution in [1.82, 2.24) is 19.9 Å². The molecule has 0 fully saturated rings. The van der Waals surface area contributed by atoms with Gasteiger partial charge in [-0.05, 0) is 12.1 Å². The van der Waals surface area contributed by atoms with Crippen LogP contribution in [-0.2, 0) is 0 Å². The zero-order valence-electron chi connectivity index (χ0n) is 9.21. The number of nitrogen functional groups attached to an aromatic ring is 1. The molecule has 0 spiro atoms. The molecule has 2 heterocycles. The quantitative estimate of drug-likeness (QED) is 0.724. The minimum Gasteiger partial charge on any atom is -0.368 e. The molecule has 0 radical (unpaired) electrons. The van der Waals surface area contributed by atoms with Gasteiger partial charge >= 0.3 is 0 Å². The zero-order chi connectivity index (χ0) is 12.5. The maximum Gasteiger partial charge on any atom is 0.222 e. The van der Waals surface area contributed by atoms with Gasteiger partial charge in [0.25, 0.3) is 0 Å². The van der Waals surface area contributed by atoms with E-state index >= 15 is 0 Å². The number of benzene rings is 1. The number of hydrogen-bond donors (Lipinski definition) is 1. The Bertz CT molecular complexity index is 711. The van der Waals surface area contributed by atoms with Crippen LogP contribution in [0.25, 0.3) is 22.4 Å². The van der Waals surface area contributed by atoms with Gasteiger partial charge in [-0.25, -0.2) is 15.0 Å². The Morgan fingerprint density at radius 2 is 1.72 bits per heavy atom. The molecule has 5 nitrogen and oxygen atoms in total. The molecule has 0 aliphatic carbocycles. The van der Waals surface area contributed by atoms with Crippen LogP contribution in [0.15, 0.2) is 36.7 Å². The summed E-state index contributed by atoms with van der Waals surface area (Å²) in [6.45, 7) is 0.